The monoisotopic (exact) mass is 325 g/mol. The molecular formula is C19H23N3O2. The minimum atomic E-state index is -0.197. The van der Waals surface area contributed by atoms with E-state index >= 15 is 0 Å². The van der Waals surface area contributed by atoms with E-state index in [-0.39, 0.29) is 23.1 Å². The number of pyridine rings is 1. The number of piperazine rings is 1. The zero-order valence-corrected chi connectivity index (χ0v) is 14.2. The predicted octanol–water partition coefficient (Wildman–Crippen LogP) is 1.96. The molecule has 126 valence electrons. The van der Waals surface area contributed by atoms with Crippen molar-refractivity contribution in [2.24, 2.45) is 0 Å². The van der Waals surface area contributed by atoms with Crippen molar-refractivity contribution in [1.82, 2.24) is 14.8 Å². The topological polar surface area (TPSA) is 54.3 Å². The third-order valence-corrected chi connectivity index (χ3v) is 4.60. The number of rotatable bonds is 3. The molecular weight excluding hydrogens is 302 g/mol. The van der Waals surface area contributed by atoms with Crippen molar-refractivity contribution < 1.29 is 4.79 Å². The first-order valence-corrected chi connectivity index (χ1v) is 8.40. The lowest BCUT2D eigenvalue weighted by Gasteiger charge is -2.34. The van der Waals surface area contributed by atoms with Gasteiger partial charge in [0.15, 0.2) is 0 Å². The molecule has 1 aromatic carbocycles. The molecule has 0 radical (unpaired) electrons. The normalized spacial score (nSPS) is 17.8. The van der Waals surface area contributed by atoms with E-state index in [0.717, 1.165) is 17.8 Å². The second-order valence-electron chi connectivity index (χ2n) is 6.11. The molecule has 0 aliphatic carbocycles. The summed E-state index contributed by atoms with van der Waals surface area (Å²) >= 11 is 0. The second kappa shape index (κ2) is 7.01. The van der Waals surface area contributed by atoms with Crippen molar-refractivity contribution in [3.63, 3.8) is 0 Å². The Morgan fingerprint density at radius 1 is 1.21 bits per heavy atom. The second-order valence-corrected chi connectivity index (χ2v) is 6.11. The van der Waals surface area contributed by atoms with Crippen LogP contribution in [0.15, 0.2) is 47.3 Å². The number of aromatic nitrogens is 1. The van der Waals surface area contributed by atoms with Crippen LogP contribution in [0.3, 0.4) is 0 Å². The summed E-state index contributed by atoms with van der Waals surface area (Å²) in [6, 6.07) is 13.7. The number of aryl methyl sites for hydroxylation is 1. The molecule has 0 saturated carbocycles. The smallest absolute Gasteiger partial charge is 0.263 e. The predicted molar refractivity (Wildman–Crippen MR) is 94.2 cm³/mol. The molecule has 1 aliphatic rings. The highest BCUT2D eigenvalue weighted by Crippen LogP contribution is 2.18. The zero-order chi connectivity index (χ0) is 17.1. The molecule has 3 rings (SSSR count). The largest absolute Gasteiger partial charge is 0.335 e. The van der Waals surface area contributed by atoms with E-state index in [4.69, 9.17) is 0 Å². The van der Waals surface area contributed by atoms with Crippen LogP contribution >= 0.6 is 0 Å². The van der Waals surface area contributed by atoms with Crippen LogP contribution in [0.4, 0.5) is 0 Å². The van der Waals surface area contributed by atoms with Crippen molar-refractivity contribution in [1.29, 1.82) is 0 Å². The first kappa shape index (κ1) is 16.5. The first-order valence-electron chi connectivity index (χ1n) is 8.40. The Hall–Kier alpha value is -2.40. The molecule has 1 atom stereocenters. The van der Waals surface area contributed by atoms with Gasteiger partial charge in [0.2, 0.25) is 0 Å². The fraction of sp³-hybridized carbons (Fsp3) is 0.368. The summed E-state index contributed by atoms with van der Waals surface area (Å²) in [6.45, 7) is 6.28. The molecule has 1 aliphatic heterocycles. The molecule has 2 aromatic rings. The summed E-state index contributed by atoms with van der Waals surface area (Å²) in [5.74, 6) is -0.176. The van der Waals surface area contributed by atoms with Crippen LogP contribution in [-0.2, 0) is 6.54 Å². The van der Waals surface area contributed by atoms with Gasteiger partial charge in [0.05, 0.1) is 0 Å². The highest BCUT2D eigenvalue weighted by Gasteiger charge is 2.26. The quantitative estimate of drug-likeness (QED) is 0.939. The molecule has 1 aromatic heterocycles. The van der Waals surface area contributed by atoms with E-state index in [1.807, 2.05) is 38.1 Å². The minimum Gasteiger partial charge on any atom is -0.335 e. The third kappa shape index (κ3) is 3.12. The lowest BCUT2D eigenvalue weighted by atomic mass is 10.0. The number of hydrogen-bond donors (Lipinski definition) is 1. The van der Waals surface area contributed by atoms with E-state index in [1.54, 1.807) is 15.5 Å². The summed E-state index contributed by atoms with van der Waals surface area (Å²) in [4.78, 5) is 27.2. The zero-order valence-electron chi connectivity index (χ0n) is 14.2. The summed E-state index contributed by atoms with van der Waals surface area (Å²) < 4.78 is 1.64. The molecule has 2 heterocycles. The van der Waals surface area contributed by atoms with Gasteiger partial charge in [-0.25, -0.2) is 0 Å². The molecule has 1 amide bonds. The van der Waals surface area contributed by atoms with Gasteiger partial charge in [-0.15, -0.1) is 0 Å². The first-order chi connectivity index (χ1) is 11.6. The molecule has 24 heavy (non-hydrogen) atoms. The van der Waals surface area contributed by atoms with Crippen molar-refractivity contribution in [2.45, 2.75) is 26.4 Å². The fourth-order valence-electron chi connectivity index (χ4n) is 3.24. The molecule has 1 fully saturated rings. The van der Waals surface area contributed by atoms with Gasteiger partial charge in [0.25, 0.3) is 11.5 Å². The number of benzene rings is 1. The van der Waals surface area contributed by atoms with Crippen LogP contribution in [-0.4, -0.2) is 35.0 Å². The van der Waals surface area contributed by atoms with Gasteiger partial charge in [0, 0.05) is 37.9 Å². The summed E-state index contributed by atoms with van der Waals surface area (Å²) in [6.07, 6.45) is 0. The Morgan fingerprint density at radius 2 is 1.96 bits per heavy atom. The van der Waals surface area contributed by atoms with Crippen molar-refractivity contribution in [3.8, 4) is 0 Å². The SMILES string of the molecule is CCn1c(C)ccc(C(=O)N2CCNC(c3ccccc3)C2)c1=O. The number of carbonyl (C=O) groups excluding carboxylic acids is 1. The number of nitrogens with zero attached hydrogens (tertiary/aromatic N) is 2. The molecule has 1 N–H and O–H groups in total. The van der Waals surface area contributed by atoms with Crippen LogP contribution < -0.4 is 10.9 Å². The minimum absolute atomic E-state index is 0.0998. The number of hydrogen-bond acceptors (Lipinski definition) is 3. The lowest BCUT2D eigenvalue weighted by Crippen LogP contribution is -2.49. The molecule has 5 nitrogen and oxygen atoms in total. The van der Waals surface area contributed by atoms with E-state index in [2.05, 4.69) is 17.4 Å². The van der Waals surface area contributed by atoms with Gasteiger partial charge in [-0.2, -0.15) is 0 Å². The maximum absolute atomic E-state index is 12.9. The van der Waals surface area contributed by atoms with Crippen molar-refractivity contribution >= 4 is 5.91 Å². The molecule has 1 saturated heterocycles. The Balaban J connectivity index is 1.84. The Kier molecular flexibility index (Phi) is 4.81. The highest BCUT2D eigenvalue weighted by atomic mass is 16.2. The molecule has 0 bridgehead atoms. The van der Waals surface area contributed by atoms with E-state index in [9.17, 15) is 9.59 Å². The van der Waals surface area contributed by atoms with Crippen LogP contribution in [0.25, 0.3) is 0 Å². The van der Waals surface area contributed by atoms with Gasteiger partial charge in [0.1, 0.15) is 5.56 Å². The number of carbonyl (C=O) groups is 1. The van der Waals surface area contributed by atoms with Gasteiger partial charge in [-0.3, -0.25) is 9.59 Å². The standard InChI is InChI=1S/C19H23N3O2/c1-3-22-14(2)9-10-16(19(22)24)18(23)21-12-11-20-17(13-21)15-7-5-4-6-8-15/h4-10,17,20H,3,11-13H2,1-2H3. The van der Waals surface area contributed by atoms with Crippen LogP contribution in [0.2, 0.25) is 0 Å². The average molecular weight is 325 g/mol. The van der Waals surface area contributed by atoms with Crippen molar-refractivity contribution in [2.75, 3.05) is 19.6 Å². The maximum Gasteiger partial charge on any atom is 0.263 e. The van der Waals surface area contributed by atoms with E-state index in [0.29, 0.717) is 19.6 Å². The van der Waals surface area contributed by atoms with Crippen LogP contribution in [0.5, 0.6) is 0 Å². The molecule has 1 unspecified atom stereocenters. The van der Waals surface area contributed by atoms with Crippen LogP contribution in [0, 0.1) is 6.92 Å². The number of amides is 1. The third-order valence-electron chi connectivity index (χ3n) is 4.60. The van der Waals surface area contributed by atoms with Gasteiger partial charge < -0.3 is 14.8 Å². The van der Waals surface area contributed by atoms with Gasteiger partial charge >= 0.3 is 0 Å². The van der Waals surface area contributed by atoms with Crippen molar-refractivity contribution in [3.05, 3.63) is 69.6 Å². The Bertz CT molecular complexity index is 783. The van der Waals surface area contributed by atoms with Gasteiger partial charge in [-0.05, 0) is 31.5 Å². The Labute approximate surface area is 141 Å². The summed E-state index contributed by atoms with van der Waals surface area (Å²) in [5, 5.41) is 3.44. The highest BCUT2D eigenvalue weighted by molar-refractivity contribution is 5.94. The maximum atomic E-state index is 12.9. The Morgan fingerprint density at radius 3 is 2.67 bits per heavy atom. The molecule has 0 spiro atoms. The fourth-order valence-corrected chi connectivity index (χ4v) is 3.24. The van der Waals surface area contributed by atoms with E-state index < -0.39 is 0 Å². The molecule has 5 heteroatoms. The number of nitrogens with one attached hydrogen (secondary N) is 1. The van der Waals surface area contributed by atoms with Crippen LogP contribution in [0.1, 0.15) is 34.6 Å². The summed E-state index contributed by atoms with van der Waals surface area (Å²) in [7, 11) is 0. The van der Waals surface area contributed by atoms with Gasteiger partial charge in [-0.1, -0.05) is 30.3 Å². The summed E-state index contributed by atoms with van der Waals surface area (Å²) in [5.41, 5.74) is 2.10. The van der Waals surface area contributed by atoms with E-state index in [1.165, 1.54) is 0 Å². The lowest BCUT2D eigenvalue weighted by molar-refractivity contribution is 0.0700. The average Bonchev–Trinajstić information content (AvgIpc) is 2.62.